The average Bonchev–Trinajstić information content (AvgIpc) is 3.21. The Morgan fingerprint density at radius 2 is 2.12 bits per heavy atom. The fourth-order valence-electron chi connectivity index (χ4n) is 4.29. The number of nitrogens with two attached hydrogens (primary N) is 1. The Labute approximate surface area is 190 Å². The molecule has 1 aliphatic heterocycles. The second kappa shape index (κ2) is 8.63. The van der Waals surface area contributed by atoms with Crippen LogP contribution in [0.2, 0.25) is 0 Å². The summed E-state index contributed by atoms with van der Waals surface area (Å²) in [6.45, 7) is 3.04. The molecular formula is C25H24FN5O2. The van der Waals surface area contributed by atoms with E-state index in [9.17, 15) is 9.18 Å². The highest BCUT2D eigenvalue weighted by molar-refractivity contribution is 5.86. The number of aromatic amines is 1. The monoisotopic (exact) mass is 445 g/mol. The second-order valence-electron chi connectivity index (χ2n) is 8.34. The van der Waals surface area contributed by atoms with E-state index >= 15 is 0 Å². The van der Waals surface area contributed by atoms with Gasteiger partial charge in [-0.15, -0.1) is 0 Å². The standard InChI is InChI=1S/C25H24FN5O2/c1-15-12-30-24-23(15)22(5-8-29-24)33-21-3-2-16(10-19(21)26)11-20(27)25(32)31-9-6-17-4-7-28-13-18(17)14-31/h2-5,7-8,10,12-13,20H,6,9,11,14,27H2,1H3,(H,29,30)/t20-/m0/s1. The van der Waals surface area contributed by atoms with E-state index in [4.69, 9.17) is 10.5 Å². The molecule has 168 valence electrons. The molecular weight excluding hydrogens is 421 g/mol. The summed E-state index contributed by atoms with van der Waals surface area (Å²) in [5, 5.41) is 0.812. The van der Waals surface area contributed by atoms with Crippen molar-refractivity contribution in [1.82, 2.24) is 19.9 Å². The SMILES string of the molecule is Cc1c[nH]c2nccc(Oc3ccc(C[C@H](N)C(=O)N4CCc5ccncc5C4)cc3F)c12. The molecule has 1 atom stereocenters. The van der Waals surface area contributed by atoms with E-state index in [-0.39, 0.29) is 18.1 Å². The van der Waals surface area contributed by atoms with Crippen LogP contribution in [0, 0.1) is 12.7 Å². The van der Waals surface area contributed by atoms with Gasteiger partial charge in [0, 0.05) is 37.9 Å². The Bertz CT molecular complexity index is 1340. The maximum Gasteiger partial charge on any atom is 0.240 e. The van der Waals surface area contributed by atoms with E-state index in [0.29, 0.717) is 30.0 Å². The van der Waals surface area contributed by atoms with Gasteiger partial charge in [0.05, 0.1) is 11.4 Å². The molecule has 0 aliphatic carbocycles. The van der Waals surface area contributed by atoms with Gasteiger partial charge in [0.2, 0.25) is 5.91 Å². The van der Waals surface area contributed by atoms with Crippen molar-refractivity contribution in [2.45, 2.75) is 32.4 Å². The number of hydrogen-bond donors (Lipinski definition) is 2. The Balaban J connectivity index is 1.27. The van der Waals surface area contributed by atoms with E-state index in [0.717, 1.165) is 22.9 Å². The number of rotatable bonds is 5. The first-order valence-electron chi connectivity index (χ1n) is 10.8. The maximum absolute atomic E-state index is 14.8. The normalized spacial score (nSPS) is 14.2. The van der Waals surface area contributed by atoms with Crippen molar-refractivity contribution in [1.29, 1.82) is 0 Å². The lowest BCUT2D eigenvalue weighted by Gasteiger charge is -2.30. The lowest BCUT2D eigenvalue weighted by molar-refractivity contribution is -0.133. The van der Waals surface area contributed by atoms with Crippen LogP contribution in [0.15, 0.2) is 55.1 Å². The molecule has 8 heteroatoms. The minimum Gasteiger partial charge on any atom is -0.453 e. The number of amides is 1. The Hall–Kier alpha value is -3.78. The summed E-state index contributed by atoms with van der Waals surface area (Å²) in [5.41, 5.74) is 10.7. The number of halogens is 1. The van der Waals surface area contributed by atoms with Crippen molar-refractivity contribution in [3.8, 4) is 11.5 Å². The molecule has 0 spiro atoms. The summed E-state index contributed by atoms with van der Waals surface area (Å²) in [7, 11) is 0. The van der Waals surface area contributed by atoms with Gasteiger partial charge in [-0.2, -0.15) is 0 Å². The predicted molar refractivity (Wildman–Crippen MR) is 122 cm³/mol. The quantitative estimate of drug-likeness (QED) is 0.489. The Kier molecular flexibility index (Phi) is 5.51. The summed E-state index contributed by atoms with van der Waals surface area (Å²) < 4.78 is 20.7. The lowest BCUT2D eigenvalue weighted by atomic mass is 10.00. The van der Waals surface area contributed by atoms with Crippen LogP contribution in [-0.4, -0.2) is 38.3 Å². The maximum atomic E-state index is 14.8. The van der Waals surface area contributed by atoms with Crippen molar-refractivity contribution in [2.75, 3.05) is 6.54 Å². The molecule has 1 aliphatic rings. The largest absolute Gasteiger partial charge is 0.453 e. The zero-order valence-corrected chi connectivity index (χ0v) is 18.2. The number of benzene rings is 1. The molecule has 33 heavy (non-hydrogen) atoms. The van der Waals surface area contributed by atoms with Crippen molar-refractivity contribution >= 4 is 16.9 Å². The fourth-order valence-corrected chi connectivity index (χ4v) is 4.29. The minimum absolute atomic E-state index is 0.104. The first-order chi connectivity index (χ1) is 16.0. The molecule has 0 unspecified atom stereocenters. The zero-order chi connectivity index (χ0) is 22.9. The Morgan fingerprint density at radius 3 is 2.97 bits per heavy atom. The van der Waals surface area contributed by atoms with E-state index in [1.165, 1.54) is 11.6 Å². The van der Waals surface area contributed by atoms with Crippen molar-refractivity contribution < 1.29 is 13.9 Å². The topological polar surface area (TPSA) is 97.1 Å². The minimum atomic E-state index is -0.753. The van der Waals surface area contributed by atoms with E-state index < -0.39 is 11.9 Å². The van der Waals surface area contributed by atoms with Gasteiger partial charge >= 0.3 is 0 Å². The fraction of sp³-hybridized carbons (Fsp3) is 0.240. The summed E-state index contributed by atoms with van der Waals surface area (Å²) in [6.07, 6.45) is 8.02. The molecule has 7 nitrogen and oxygen atoms in total. The highest BCUT2D eigenvalue weighted by atomic mass is 19.1. The molecule has 3 N–H and O–H groups in total. The summed E-state index contributed by atoms with van der Waals surface area (Å²) in [6, 6.07) is 7.62. The first kappa shape index (κ1) is 21.1. The molecule has 0 saturated carbocycles. The highest BCUT2D eigenvalue weighted by Gasteiger charge is 2.25. The predicted octanol–water partition coefficient (Wildman–Crippen LogP) is 3.65. The highest BCUT2D eigenvalue weighted by Crippen LogP contribution is 2.32. The molecule has 3 aromatic heterocycles. The molecule has 0 radical (unpaired) electrons. The number of H-pyrrole nitrogens is 1. The third kappa shape index (κ3) is 4.17. The van der Waals surface area contributed by atoms with Crippen LogP contribution in [0.3, 0.4) is 0 Å². The number of fused-ring (bicyclic) bond motifs is 2. The number of carbonyl (C=O) groups excluding carboxylic acids is 1. The van der Waals surface area contributed by atoms with E-state index in [1.54, 1.807) is 41.7 Å². The molecule has 0 fully saturated rings. The number of aromatic nitrogens is 3. The van der Waals surface area contributed by atoms with Crippen LogP contribution in [0.5, 0.6) is 11.5 Å². The summed E-state index contributed by atoms with van der Waals surface area (Å²) in [5.74, 6) is -0.0281. The third-order valence-corrected chi connectivity index (χ3v) is 6.05. The number of pyridine rings is 2. The molecule has 0 saturated heterocycles. The first-order valence-corrected chi connectivity index (χ1v) is 10.8. The van der Waals surface area contributed by atoms with Gasteiger partial charge in [-0.25, -0.2) is 9.37 Å². The molecule has 4 heterocycles. The third-order valence-electron chi connectivity index (χ3n) is 6.05. The van der Waals surface area contributed by atoms with Crippen LogP contribution < -0.4 is 10.5 Å². The van der Waals surface area contributed by atoms with Crippen molar-refractivity contribution in [3.63, 3.8) is 0 Å². The van der Waals surface area contributed by atoms with Crippen LogP contribution in [0.4, 0.5) is 4.39 Å². The smallest absolute Gasteiger partial charge is 0.240 e. The number of carbonyl (C=O) groups is 1. The molecule has 0 bridgehead atoms. The number of nitrogens with one attached hydrogen (secondary N) is 1. The second-order valence-corrected chi connectivity index (χ2v) is 8.34. The number of aryl methyl sites for hydroxylation is 1. The molecule has 1 amide bonds. The van der Waals surface area contributed by atoms with Gasteiger partial charge in [-0.1, -0.05) is 6.07 Å². The van der Waals surface area contributed by atoms with Crippen LogP contribution in [0.25, 0.3) is 11.0 Å². The van der Waals surface area contributed by atoms with Crippen LogP contribution in [-0.2, 0) is 24.2 Å². The van der Waals surface area contributed by atoms with Gasteiger partial charge in [0.25, 0.3) is 0 Å². The Morgan fingerprint density at radius 1 is 1.24 bits per heavy atom. The van der Waals surface area contributed by atoms with E-state index in [2.05, 4.69) is 15.0 Å². The average molecular weight is 445 g/mol. The zero-order valence-electron chi connectivity index (χ0n) is 18.2. The number of nitrogens with zero attached hydrogens (tertiary/aromatic N) is 3. The van der Waals surface area contributed by atoms with Gasteiger partial charge in [-0.3, -0.25) is 9.78 Å². The molecule has 5 rings (SSSR count). The van der Waals surface area contributed by atoms with Gasteiger partial charge < -0.3 is 20.4 Å². The van der Waals surface area contributed by atoms with Crippen molar-refractivity contribution in [2.24, 2.45) is 5.73 Å². The lowest BCUT2D eigenvalue weighted by Crippen LogP contribution is -2.46. The molecule has 4 aromatic rings. The van der Waals surface area contributed by atoms with Gasteiger partial charge in [-0.05, 0) is 66.3 Å². The van der Waals surface area contributed by atoms with Crippen LogP contribution in [0.1, 0.15) is 22.3 Å². The molecule has 1 aromatic carbocycles. The van der Waals surface area contributed by atoms with Crippen molar-refractivity contribution in [3.05, 3.63) is 83.2 Å². The number of ether oxygens (including phenoxy) is 1. The number of hydrogen-bond acceptors (Lipinski definition) is 5. The van der Waals surface area contributed by atoms with E-state index in [1.807, 2.05) is 19.2 Å². The van der Waals surface area contributed by atoms with Gasteiger partial charge in [0.15, 0.2) is 11.6 Å². The van der Waals surface area contributed by atoms with Gasteiger partial charge in [0.1, 0.15) is 11.4 Å². The summed E-state index contributed by atoms with van der Waals surface area (Å²) in [4.78, 5) is 26.1. The summed E-state index contributed by atoms with van der Waals surface area (Å²) >= 11 is 0. The van der Waals surface area contributed by atoms with Crippen LogP contribution >= 0.6 is 0 Å².